The van der Waals surface area contributed by atoms with Gasteiger partial charge in [-0.15, -0.1) is 0 Å². The summed E-state index contributed by atoms with van der Waals surface area (Å²) in [5.41, 5.74) is -2.74. The first-order valence-corrected chi connectivity index (χ1v) is 17.7. The number of amides is 3. The fourth-order valence-corrected chi connectivity index (χ4v) is 5.38. The minimum absolute atomic E-state index is 0.0331. The summed E-state index contributed by atoms with van der Waals surface area (Å²) < 4.78 is 104. The van der Waals surface area contributed by atoms with Crippen molar-refractivity contribution in [3.8, 4) is 0 Å². The molecule has 0 saturated heterocycles. The standard InChI is InChI=1S/C20H21F4N7O2.C16H12F4N6O3/c1-19(2,3)29-13(32)8-25-17-15-14(30-31-17)16(28-9-27-15)18(33)26-7-10-4-5-12(21)11(6-10)20(22,23)24;17-9-2-1-7(3-8(9)16(18,19)20)4-22-15(29)13-11-12(23-6-24-13)14(26-25-11)21-5-10(27)28/h4-6,9H,7-8H2,1-3H3,(H,26,33)(H,29,32)(H2,25,30,31);1-3,6H,4-5H2,(H,22,29)(H,27,28)(H2,21,25,26). The molecule has 0 aliphatic carbocycles. The van der Waals surface area contributed by atoms with Crippen molar-refractivity contribution < 1.29 is 59.4 Å². The summed E-state index contributed by atoms with van der Waals surface area (Å²) in [4.78, 5) is 63.3. The molecule has 0 bridgehead atoms. The number of hydrogen-bond acceptors (Lipinski definition) is 12. The van der Waals surface area contributed by atoms with E-state index in [9.17, 15) is 54.3 Å². The quantitative estimate of drug-likeness (QED) is 0.0777. The van der Waals surface area contributed by atoms with Crippen LogP contribution in [-0.2, 0) is 35.0 Å². The normalized spacial score (nSPS) is 11.7. The Bertz CT molecular complexity index is 2620. The van der Waals surface area contributed by atoms with Gasteiger partial charge in [0.1, 0.15) is 52.9 Å². The van der Waals surface area contributed by atoms with Crippen LogP contribution >= 0.6 is 0 Å². The zero-order valence-electron chi connectivity index (χ0n) is 32.2. The monoisotopic (exact) mass is 879 g/mol. The molecule has 8 N–H and O–H groups in total. The van der Waals surface area contributed by atoms with Gasteiger partial charge < -0.3 is 31.7 Å². The minimum atomic E-state index is -4.86. The highest BCUT2D eigenvalue weighted by molar-refractivity contribution is 6.05. The molecule has 2 aromatic carbocycles. The van der Waals surface area contributed by atoms with Gasteiger partial charge in [-0.3, -0.25) is 29.4 Å². The number of aromatic amines is 2. The SMILES string of the molecule is CC(C)(C)NC(=O)CNc1n[nH]c2c(C(=O)NCc3ccc(F)c(C(F)(F)F)c3)ncnc12.O=C(O)CNc1n[nH]c2c(C(=O)NCc3ccc(F)c(C(F)(F)F)c3)ncnc12. The third-order valence-electron chi connectivity index (χ3n) is 8.05. The molecule has 4 heterocycles. The highest BCUT2D eigenvalue weighted by atomic mass is 19.4. The van der Waals surface area contributed by atoms with Crippen LogP contribution in [0.25, 0.3) is 22.1 Å². The van der Waals surface area contributed by atoms with Crippen LogP contribution in [0.4, 0.5) is 46.8 Å². The molecule has 6 rings (SSSR count). The summed E-state index contributed by atoms with van der Waals surface area (Å²) in [7, 11) is 0. The first-order valence-electron chi connectivity index (χ1n) is 17.7. The lowest BCUT2D eigenvalue weighted by Gasteiger charge is -2.20. The van der Waals surface area contributed by atoms with Crippen LogP contribution in [0, 0.1) is 11.6 Å². The number of carboxylic acid groups (broad SMARTS) is 1. The highest BCUT2D eigenvalue weighted by Gasteiger charge is 2.35. The third kappa shape index (κ3) is 11.6. The largest absolute Gasteiger partial charge is 0.480 e. The molecule has 328 valence electrons. The van der Waals surface area contributed by atoms with Crippen molar-refractivity contribution in [2.45, 2.75) is 51.8 Å². The molecular formula is C36H33F8N13O5. The molecule has 62 heavy (non-hydrogen) atoms. The first-order chi connectivity index (χ1) is 29.0. The first kappa shape index (κ1) is 45.5. The Labute approximate surface area is 342 Å². The number of carbonyl (C=O) groups is 4. The predicted molar refractivity (Wildman–Crippen MR) is 201 cm³/mol. The number of alkyl halides is 6. The van der Waals surface area contributed by atoms with E-state index in [0.717, 1.165) is 24.8 Å². The molecule has 4 aromatic heterocycles. The second kappa shape index (κ2) is 18.4. The van der Waals surface area contributed by atoms with Gasteiger partial charge in [-0.05, 0) is 56.2 Å². The van der Waals surface area contributed by atoms with Crippen LogP contribution in [0.1, 0.15) is 64.0 Å². The van der Waals surface area contributed by atoms with E-state index in [0.29, 0.717) is 24.3 Å². The van der Waals surface area contributed by atoms with Gasteiger partial charge >= 0.3 is 18.3 Å². The fraction of sp³-hybridized carbons (Fsp3) is 0.278. The fourth-order valence-electron chi connectivity index (χ4n) is 5.38. The lowest BCUT2D eigenvalue weighted by molar-refractivity contribution is -0.140. The summed E-state index contributed by atoms with van der Waals surface area (Å²) in [5, 5.41) is 34.6. The highest BCUT2D eigenvalue weighted by Crippen LogP contribution is 2.33. The molecule has 3 amide bonds. The van der Waals surface area contributed by atoms with Gasteiger partial charge in [0.2, 0.25) is 5.91 Å². The number of rotatable bonds is 12. The van der Waals surface area contributed by atoms with Gasteiger partial charge in [0.15, 0.2) is 23.0 Å². The van der Waals surface area contributed by atoms with E-state index < -0.39 is 65.0 Å². The van der Waals surface area contributed by atoms with Gasteiger partial charge in [-0.1, -0.05) is 12.1 Å². The van der Waals surface area contributed by atoms with Crippen LogP contribution in [0.5, 0.6) is 0 Å². The number of benzene rings is 2. The molecule has 26 heteroatoms. The molecule has 0 unspecified atom stereocenters. The minimum Gasteiger partial charge on any atom is -0.480 e. The maximum absolute atomic E-state index is 13.4. The van der Waals surface area contributed by atoms with Gasteiger partial charge in [0.25, 0.3) is 11.8 Å². The molecular weight excluding hydrogens is 846 g/mol. The summed E-state index contributed by atoms with van der Waals surface area (Å²) in [6.45, 7) is 4.38. The zero-order chi connectivity index (χ0) is 45.6. The summed E-state index contributed by atoms with van der Waals surface area (Å²) in [6.07, 6.45) is -7.55. The zero-order valence-corrected chi connectivity index (χ0v) is 32.2. The molecule has 0 spiro atoms. The maximum Gasteiger partial charge on any atom is 0.419 e. The van der Waals surface area contributed by atoms with Crippen molar-refractivity contribution in [2.75, 3.05) is 23.7 Å². The van der Waals surface area contributed by atoms with Crippen LogP contribution in [0.3, 0.4) is 0 Å². The van der Waals surface area contributed by atoms with Crippen LogP contribution < -0.4 is 26.6 Å². The number of fused-ring (bicyclic) bond motifs is 2. The van der Waals surface area contributed by atoms with E-state index in [-0.39, 0.29) is 81.8 Å². The van der Waals surface area contributed by atoms with Gasteiger partial charge in [0, 0.05) is 18.6 Å². The van der Waals surface area contributed by atoms with E-state index >= 15 is 0 Å². The maximum atomic E-state index is 13.4. The topological polar surface area (TPSA) is 258 Å². The van der Waals surface area contributed by atoms with Crippen molar-refractivity contribution in [2.24, 2.45) is 0 Å². The number of nitrogens with zero attached hydrogens (tertiary/aromatic N) is 6. The van der Waals surface area contributed by atoms with Gasteiger partial charge in [-0.2, -0.15) is 36.5 Å². The van der Waals surface area contributed by atoms with E-state index in [2.05, 4.69) is 66.9 Å². The average Bonchev–Trinajstić information content (AvgIpc) is 3.81. The Morgan fingerprint density at radius 2 is 1.06 bits per heavy atom. The average molecular weight is 880 g/mol. The number of H-pyrrole nitrogens is 2. The van der Waals surface area contributed by atoms with Gasteiger partial charge in [-0.25, -0.2) is 28.7 Å². The lowest BCUT2D eigenvalue weighted by atomic mass is 10.1. The van der Waals surface area contributed by atoms with Crippen molar-refractivity contribution >= 4 is 57.4 Å². The van der Waals surface area contributed by atoms with Crippen LogP contribution in [0.15, 0.2) is 49.1 Å². The molecule has 0 fully saturated rings. The van der Waals surface area contributed by atoms with Crippen molar-refractivity contribution in [1.82, 2.24) is 56.3 Å². The summed E-state index contributed by atoms with van der Waals surface area (Å²) in [5.74, 6) is -5.36. The number of hydrogen-bond donors (Lipinski definition) is 8. The third-order valence-corrected chi connectivity index (χ3v) is 8.05. The Morgan fingerprint density at radius 3 is 1.45 bits per heavy atom. The number of halogens is 8. The van der Waals surface area contributed by atoms with E-state index in [4.69, 9.17) is 5.11 Å². The van der Waals surface area contributed by atoms with Gasteiger partial charge in [0.05, 0.1) is 17.7 Å². The molecule has 0 aliphatic rings. The number of aromatic nitrogens is 8. The van der Waals surface area contributed by atoms with Crippen molar-refractivity contribution in [3.63, 3.8) is 0 Å². The van der Waals surface area contributed by atoms with E-state index in [1.807, 2.05) is 20.8 Å². The van der Waals surface area contributed by atoms with Crippen LogP contribution in [-0.4, -0.2) is 87.8 Å². The number of anilines is 2. The predicted octanol–water partition coefficient (Wildman–Crippen LogP) is 4.70. The number of carbonyl (C=O) groups excluding carboxylic acids is 3. The molecule has 6 aromatic rings. The van der Waals surface area contributed by atoms with Crippen molar-refractivity contribution in [3.05, 3.63) is 94.3 Å². The molecule has 0 radical (unpaired) electrons. The van der Waals surface area contributed by atoms with Crippen LogP contribution in [0.2, 0.25) is 0 Å². The Kier molecular flexibility index (Phi) is 13.5. The summed E-state index contributed by atoms with van der Waals surface area (Å²) in [6, 6.07) is 4.85. The van der Waals surface area contributed by atoms with E-state index in [1.165, 1.54) is 0 Å². The Hall–Kier alpha value is -7.54. The smallest absolute Gasteiger partial charge is 0.419 e. The van der Waals surface area contributed by atoms with Crippen molar-refractivity contribution in [1.29, 1.82) is 0 Å². The molecule has 0 saturated carbocycles. The molecule has 18 nitrogen and oxygen atoms in total. The van der Waals surface area contributed by atoms with E-state index in [1.54, 1.807) is 0 Å². The molecule has 0 aliphatic heterocycles. The second-order valence-electron chi connectivity index (χ2n) is 13.9. The number of carboxylic acids is 1. The molecule has 0 atom stereocenters. The summed E-state index contributed by atoms with van der Waals surface area (Å²) >= 11 is 0. The lowest BCUT2D eigenvalue weighted by Crippen LogP contribution is -2.43. The Morgan fingerprint density at radius 1 is 0.645 bits per heavy atom. The number of aliphatic carboxylic acids is 1. The second-order valence-corrected chi connectivity index (χ2v) is 13.9. The number of nitrogens with one attached hydrogen (secondary N) is 7. The Balaban J connectivity index is 0.000000236.